The van der Waals surface area contributed by atoms with E-state index < -0.39 is 5.97 Å². The highest BCUT2D eigenvalue weighted by molar-refractivity contribution is 5.81. The summed E-state index contributed by atoms with van der Waals surface area (Å²) in [5.41, 5.74) is 5.25. The number of carbonyl (C=O) groups is 2. The lowest BCUT2D eigenvalue weighted by Gasteiger charge is -2.02. The van der Waals surface area contributed by atoms with Gasteiger partial charge in [-0.05, 0) is 19.4 Å². The Morgan fingerprint density at radius 1 is 1.38 bits per heavy atom. The number of amides is 1. The third-order valence-corrected chi connectivity index (χ3v) is 1.52. The fraction of sp³-hybridized carbons (Fsp3) is 0.750. The summed E-state index contributed by atoms with van der Waals surface area (Å²) in [4.78, 5) is 21.6. The standard InChI is InChI=1S/C8H16N2O3/c1-13-8(12)6-10-7(11)4-2-3-5-9/h2-6,9H2,1H3,(H,10,11). The van der Waals surface area contributed by atoms with E-state index in [1.54, 1.807) is 0 Å². The van der Waals surface area contributed by atoms with E-state index in [4.69, 9.17) is 5.73 Å². The Kier molecular flexibility index (Phi) is 6.91. The minimum Gasteiger partial charge on any atom is -0.468 e. The highest BCUT2D eigenvalue weighted by Gasteiger charge is 2.03. The topological polar surface area (TPSA) is 81.4 Å². The van der Waals surface area contributed by atoms with Crippen molar-refractivity contribution in [1.29, 1.82) is 0 Å². The predicted molar refractivity (Wildman–Crippen MR) is 47.9 cm³/mol. The normalized spacial score (nSPS) is 9.38. The SMILES string of the molecule is COC(=O)CNC(=O)CCCCN. The quantitative estimate of drug-likeness (QED) is 0.431. The molecular weight excluding hydrogens is 172 g/mol. The molecule has 0 aromatic heterocycles. The molecule has 5 nitrogen and oxygen atoms in total. The molecule has 0 unspecified atom stereocenters. The molecule has 1 amide bonds. The lowest BCUT2D eigenvalue weighted by molar-refractivity contribution is -0.141. The molecular formula is C8H16N2O3. The first kappa shape index (κ1) is 11.9. The molecule has 5 heteroatoms. The first-order valence-corrected chi connectivity index (χ1v) is 4.24. The highest BCUT2D eigenvalue weighted by Crippen LogP contribution is 1.92. The molecule has 0 aliphatic heterocycles. The zero-order chi connectivity index (χ0) is 10.1. The molecule has 3 N–H and O–H groups in total. The van der Waals surface area contributed by atoms with Gasteiger partial charge < -0.3 is 15.8 Å². The minimum absolute atomic E-state index is 0.0576. The van der Waals surface area contributed by atoms with Crippen molar-refractivity contribution in [3.05, 3.63) is 0 Å². The second-order valence-corrected chi connectivity index (χ2v) is 2.60. The van der Waals surface area contributed by atoms with Gasteiger partial charge in [0.25, 0.3) is 0 Å². The van der Waals surface area contributed by atoms with Crippen LogP contribution in [0.15, 0.2) is 0 Å². The molecule has 0 bridgehead atoms. The van der Waals surface area contributed by atoms with Crippen LogP contribution in [-0.4, -0.2) is 32.1 Å². The first-order valence-electron chi connectivity index (χ1n) is 4.24. The Hall–Kier alpha value is -1.10. The molecule has 0 spiro atoms. The van der Waals surface area contributed by atoms with Gasteiger partial charge in [-0.1, -0.05) is 0 Å². The maximum absolute atomic E-state index is 11.0. The monoisotopic (exact) mass is 188 g/mol. The lowest BCUT2D eigenvalue weighted by Crippen LogP contribution is -2.29. The van der Waals surface area contributed by atoms with Gasteiger partial charge >= 0.3 is 5.97 Å². The fourth-order valence-electron chi connectivity index (χ4n) is 0.761. The first-order chi connectivity index (χ1) is 6.20. The average molecular weight is 188 g/mol. The van der Waals surface area contributed by atoms with E-state index in [2.05, 4.69) is 10.1 Å². The van der Waals surface area contributed by atoms with Crippen molar-refractivity contribution in [3.63, 3.8) is 0 Å². The van der Waals surface area contributed by atoms with Crippen LogP contribution in [0.1, 0.15) is 19.3 Å². The molecule has 0 aliphatic rings. The largest absolute Gasteiger partial charge is 0.468 e. The van der Waals surface area contributed by atoms with Crippen LogP contribution in [0, 0.1) is 0 Å². The summed E-state index contributed by atoms with van der Waals surface area (Å²) >= 11 is 0. The summed E-state index contributed by atoms with van der Waals surface area (Å²) in [6.45, 7) is 0.530. The van der Waals surface area contributed by atoms with Crippen molar-refractivity contribution >= 4 is 11.9 Å². The minimum atomic E-state index is -0.438. The number of nitrogens with two attached hydrogens (primary N) is 1. The van der Waals surface area contributed by atoms with Gasteiger partial charge in [0.1, 0.15) is 6.54 Å². The molecule has 76 valence electrons. The second kappa shape index (κ2) is 7.54. The average Bonchev–Trinajstić information content (AvgIpc) is 2.14. The summed E-state index contributed by atoms with van der Waals surface area (Å²) in [6.07, 6.45) is 1.99. The van der Waals surface area contributed by atoms with Gasteiger partial charge in [-0.3, -0.25) is 9.59 Å². The van der Waals surface area contributed by atoms with Crippen LogP contribution in [0.2, 0.25) is 0 Å². The molecule has 0 atom stereocenters. The molecule has 0 heterocycles. The fourth-order valence-corrected chi connectivity index (χ4v) is 0.761. The van der Waals surface area contributed by atoms with Crippen molar-refractivity contribution in [3.8, 4) is 0 Å². The van der Waals surface area contributed by atoms with Crippen LogP contribution in [-0.2, 0) is 14.3 Å². The number of rotatable bonds is 6. The van der Waals surface area contributed by atoms with E-state index in [0.717, 1.165) is 12.8 Å². The number of carbonyl (C=O) groups excluding carboxylic acids is 2. The maximum atomic E-state index is 11.0. The summed E-state index contributed by atoms with van der Waals surface area (Å²) < 4.78 is 4.35. The zero-order valence-electron chi connectivity index (χ0n) is 7.84. The van der Waals surface area contributed by atoms with E-state index in [1.807, 2.05) is 0 Å². The van der Waals surface area contributed by atoms with Crippen molar-refractivity contribution < 1.29 is 14.3 Å². The van der Waals surface area contributed by atoms with E-state index in [0.29, 0.717) is 13.0 Å². The molecule has 0 aromatic carbocycles. The molecule has 0 saturated heterocycles. The Bertz CT molecular complexity index is 171. The number of nitrogens with one attached hydrogen (secondary N) is 1. The van der Waals surface area contributed by atoms with Gasteiger partial charge in [0.2, 0.25) is 5.91 Å². The summed E-state index contributed by atoms with van der Waals surface area (Å²) in [5.74, 6) is -0.578. The van der Waals surface area contributed by atoms with E-state index >= 15 is 0 Å². The van der Waals surface area contributed by atoms with Crippen molar-refractivity contribution in [1.82, 2.24) is 5.32 Å². The molecule has 13 heavy (non-hydrogen) atoms. The molecule has 0 radical (unpaired) electrons. The second-order valence-electron chi connectivity index (χ2n) is 2.60. The van der Waals surface area contributed by atoms with E-state index in [9.17, 15) is 9.59 Å². The number of esters is 1. The molecule has 0 saturated carbocycles. The van der Waals surface area contributed by atoms with Gasteiger partial charge in [0, 0.05) is 6.42 Å². The van der Waals surface area contributed by atoms with Crippen LogP contribution in [0.5, 0.6) is 0 Å². The Balaban J connectivity index is 3.35. The van der Waals surface area contributed by atoms with E-state index in [1.165, 1.54) is 7.11 Å². The zero-order valence-corrected chi connectivity index (χ0v) is 7.84. The van der Waals surface area contributed by atoms with Gasteiger partial charge in [-0.2, -0.15) is 0 Å². The highest BCUT2D eigenvalue weighted by atomic mass is 16.5. The van der Waals surface area contributed by atoms with Gasteiger partial charge in [-0.15, -0.1) is 0 Å². The summed E-state index contributed by atoms with van der Waals surface area (Å²) in [7, 11) is 1.28. The van der Waals surface area contributed by atoms with Crippen LogP contribution >= 0.6 is 0 Å². The third kappa shape index (κ3) is 7.27. The maximum Gasteiger partial charge on any atom is 0.325 e. The molecule has 0 aromatic rings. The molecule has 0 aliphatic carbocycles. The summed E-state index contributed by atoms with van der Waals surface area (Å²) in [6, 6.07) is 0. The molecule has 0 rings (SSSR count). The molecule has 0 fully saturated rings. The van der Waals surface area contributed by atoms with Crippen molar-refractivity contribution in [2.45, 2.75) is 19.3 Å². The van der Waals surface area contributed by atoms with Crippen LogP contribution in [0.4, 0.5) is 0 Å². The van der Waals surface area contributed by atoms with Crippen molar-refractivity contribution in [2.75, 3.05) is 20.2 Å². The van der Waals surface area contributed by atoms with Gasteiger partial charge in [-0.25, -0.2) is 0 Å². The van der Waals surface area contributed by atoms with E-state index in [-0.39, 0.29) is 12.5 Å². The van der Waals surface area contributed by atoms with Gasteiger partial charge in [0.15, 0.2) is 0 Å². The number of hydrogen-bond donors (Lipinski definition) is 2. The Morgan fingerprint density at radius 2 is 2.08 bits per heavy atom. The van der Waals surface area contributed by atoms with Crippen molar-refractivity contribution in [2.24, 2.45) is 5.73 Å². The number of methoxy groups -OCH3 is 1. The van der Waals surface area contributed by atoms with Crippen LogP contribution in [0.3, 0.4) is 0 Å². The number of hydrogen-bond acceptors (Lipinski definition) is 4. The predicted octanol–water partition coefficient (Wildman–Crippen LogP) is -0.595. The smallest absolute Gasteiger partial charge is 0.325 e. The number of unbranched alkanes of at least 4 members (excludes halogenated alkanes) is 1. The Morgan fingerprint density at radius 3 is 2.62 bits per heavy atom. The van der Waals surface area contributed by atoms with Gasteiger partial charge in [0.05, 0.1) is 7.11 Å². The summed E-state index contributed by atoms with van der Waals surface area (Å²) in [5, 5.41) is 2.44. The van der Waals surface area contributed by atoms with Crippen LogP contribution in [0.25, 0.3) is 0 Å². The van der Waals surface area contributed by atoms with Crippen LogP contribution < -0.4 is 11.1 Å². The lowest BCUT2D eigenvalue weighted by atomic mass is 10.2. The third-order valence-electron chi connectivity index (χ3n) is 1.52. The number of ether oxygens (including phenoxy) is 1. The Labute approximate surface area is 77.6 Å².